The van der Waals surface area contributed by atoms with Crippen LogP contribution in [0.3, 0.4) is 0 Å². The van der Waals surface area contributed by atoms with Crippen molar-refractivity contribution in [1.82, 2.24) is 14.4 Å². The summed E-state index contributed by atoms with van der Waals surface area (Å²) in [5.74, 6) is 0.294. The van der Waals surface area contributed by atoms with Crippen LogP contribution in [0.4, 0.5) is 0 Å². The van der Waals surface area contributed by atoms with Gasteiger partial charge < -0.3 is 9.42 Å². The molecule has 0 aromatic carbocycles. The van der Waals surface area contributed by atoms with Crippen molar-refractivity contribution in [2.45, 2.75) is 6.92 Å². The van der Waals surface area contributed by atoms with Gasteiger partial charge in [-0.25, -0.2) is 5.14 Å². The summed E-state index contributed by atoms with van der Waals surface area (Å²) >= 11 is 0. The van der Waals surface area contributed by atoms with Gasteiger partial charge in [0.25, 0.3) is 16.1 Å². The summed E-state index contributed by atoms with van der Waals surface area (Å²) in [7, 11) is -3.67. The zero-order valence-corrected chi connectivity index (χ0v) is 10.7. The number of nitrogens with two attached hydrogens (primary N) is 1. The van der Waals surface area contributed by atoms with E-state index in [9.17, 15) is 13.2 Å². The van der Waals surface area contributed by atoms with E-state index in [-0.39, 0.29) is 24.7 Å². The number of hydrogen-bond acceptors (Lipinski definition) is 5. The van der Waals surface area contributed by atoms with Gasteiger partial charge in [0.15, 0.2) is 5.69 Å². The normalized spacial score (nSPS) is 18.0. The van der Waals surface area contributed by atoms with E-state index in [2.05, 4.69) is 5.16 Å². The van der Waals surface area contributed by atoms with Crippen LogP contribution in [0.2, 0.25) is 0 Å². The first-order chi connectivity index (χ1) is 8.38. The van der Waals surface area contributed by atoms with Gasteiger partial charge in [-0.2, -0.15) is 12.7 Å². The van der Waals surface area contributed by atoms with Gasteiger partial charge in [0, 0.05) is 32.2 Å². The molecule has 9 heteroatoms. The minimum Gasteiger partial charge on any atom is -0.361 e. The molecule has 1 fully saturated rings. The number of nitrogens with zero attached hydrogens (tertiary/aromatic N) is 3. The molecule has 1 amide bonds. The van der Waals surface area contributed by atoms with Crippen LogP contribution in [-0.4, -0.2) is 54.9 Å². The molecule has 0 bridgehead atoms. The Morgan fingerprint density at radius 2 is 2.00 bits per heavy atom. The number of aryl methyl sites for hydroxylation is 1. The number of carbonyl (C=O) groups is 1. The molecule has 1 aromatic heterocycles. The molecule has 18 heavy (non-hydrogen) atoms. The first-order valence-corrected chi connectivity index (χ1v) is 6.89. The molecule has 1 aliphatic heterocycles. The van der Waals surface area contributed by atoms with Gasteiger partial charge in [-0.15, -0.1) is 0 Å². The predicted octanol–water partition coefficient (Wildman–Crippen LogP) is -1.06. The quantitative estimate of drug-likeness (QED) is 0.739. The average Bonchev–Trinajstić information content (AvgIpc) is 2.74. The second kappa shape index (κ2) is 4.67. The summed E-state index contributed by atoms with van der Waals surface area (Å²) in [6.45, 7) is 2.67. The largest absolute Gasteiger partial charge is 0.361 e. The lowest BCUT2D eigenvalue weighted by Gasteiger charge is -2.32. The number of rotatable bonds is 2. The number of aromatic nitrogens is 1. The van der Waals surface area contributed by atoms with Crippen LogP contribution < -0.4 is 5.14 Å². The second-order valence-electron chi connectivity index (χ2n) is 4.06. The Hall–Kier alpha value is -1.45. The van der Waals surface area contributed by atoms with Crippen molar-refractivity contribution >= 4 is 16.1 Å². The van der Waals surface area contributed by atoms with E-state index < -0.39 is 10.2 Å². The number of carbonyl (C=O) groups excluding carboxylic acids is 1. The fourth-order valence-corrected chi connectivity index (χ4v) is 2.45. The van der Waals surface area contributed by atoms with Gasteiger partial charge in [0.1, 0.15) is 5.76 Å². The Morgan fingerprint density at radius 1 is 1.39 bits per heavy atom. The zero-order chi connectivity index (χ0) is 13.3. The van der Waals surface area contributed by atoms with Crippen molar-refractivity contribution in [2.24, 2.45) is 5.14 Å². The summed E-state index contributed by atoms with van der Waals surface area (Å²) < 4.78 is 28.2. The monoisotopic (exact) mass is 274 g/mol. The maximum atomic E-state index is 12.0. The zero-order valence-electron chi connectivity index (χ0n) is 9.87. The highest BCUT2D eigenvalue weighted by Gasteiger charge is 2.28. The molecule has 0 atom stereocenters. The fourth-order valence-electron chi connectivity index (χ4n) is 1.77. The molecule has 0 saturated carbocycles. The van der Waals surface area contributed by atoms with Gasteiger partial charge in [-0.3, -0.25) is 4.79 Å². The third-order valence-electron chi connectivity index (χ3n) is 2.73. The van der Waals surface area contributed by atoms with Crippen LogP contribution in [0.5, 0.6) is 0 Å². The first kappa shape index (κ1) is 13.0. The Kier molecular flexibility index (Phi) is 3.37. The second-order valence-corrected chi connectivity index (χ2v) is 5.61. The lowest BCUT2D eigenvalue weighted by Crippen LogP contribution is -2.52. The molecule has 100 valence electrons. The highest BCUT2D eigenvalue weighted by atomic mass is 32.2. The number of piperazine rings is 1. The van der Waals surface area contributed by atoms with Crippen molar-refractivity contribution in [1.29, 1.82) is 0 Å². The highest BCUT2D eigenvalue weighted by molar-refractivity contribution is 7.86. The number of amides is 1. The van der Waals surface area contributed by atoms with E-state index in [1.54, 1.807) is 13.0 Å². The minimum atomic E-state index is -3.67. The van der Waals surface area contributed by atoms with Crippen LogP contribution in [0.25, 0.3) is 0 Å². The van der Waals surface area contributed by atoms with Crippen LogP contribution in [0, 0.1) is 6.92 Å². The molecule has 1 saturated heterocycles. The molecule has 0 radical (unpaired) electrons. The van der Waals surface area contributed by atoms with Crippen molar-refractivity contribution in [3.63, 3.8) is 0 Å². The summed E-state index contributed by atoms with van der Waals surface area (Å²) in [6, 6.07) is 1.55. The standard InChI is InChI=1S/C9H14N4O4S/c1-7-6-8(11-17-7)9(14)12-2-4-13(5-3-12)18(10,15)16/h6H,2-5H2,1H3,(H2,10,15,16). The molecule has 0 unspecified atom stereocenters. The van der Waals surface area contributed by atoms with Gasteiger partial charge in [0.2, 0.25) is 0 Å². The van der Waals surface area contributed by atoms with E-state index in [1.807, 2.05) is 0 Å². The molecule has 1 aromatic rings. The van der Waals surface area contributed by atoms with Gasteiger partial charge in [-0.05, 0) is 6.92 Å². The van der Waals surface area contributed by atoms with E-state index in [4.69, 9.17) is 9.66 Å². The smallest absolute Gasteiger partial charge is 0.277 e. The number of hydrogen-bond donors (Lipinski definition) is 1. The minimum absolute atomic E-state index is 0.196. The Balaban J connectivity index is 2.00. The van der Waals surface area contributed by atoms with E-state index in [0.717, 1.165) is 4.31 Å². The molecular formula is C9H14N4O4S. The molecule has 1 aliphatic rings. The van der Waals surface area contributed by atoms with Crippen molar-refractivity contribution in [3.05, 3.63) is 17.5 Å². The molecule has 2 rings (SSSR count). The maximum Gasteiger partial charge on any atom is 0.277 e. The predicted molar refractivity (Wildman–Crippen MR) is 61.8 cm³/mol. The van der Waals surface area contributed by atoms with E-state index in [0.29, 0.717) is 18.8 Å². The van der Waals surface area contributed by atoms with Gasteiger partial charge in [0.05, 0.1) is 0 Å². The lowest BCUT2D eigenvalue weighted by atomic mass is 10.3. The van der Waals surface area contributed by atoms with Crippen LogP contribution >= 0.6 is 0 Å². The SMILES string of the molecule is Cc1cc(C(=O)N2CCN(S(N)(=O)=O)CC2)no1. The molecule has 0 aliphatic carbocycles. The topological polar surface area (TPSA) is 110 Å². The Morgan fingerprint density at radius 3 is 2.44 bits per heavy atom. The van der Waals surface area contributed by atoms with Crippen LogP contribution in [0.1, 0.15) is 16.2 Å². The molecule has 8 nitrogen and oxygen atoms in total. The van der Waals surface area contributed by atoms with Crippen molar-refractivity contribution < 1.29 is 17.7 Å². The maximum absolute atomic E-state index is 12.0. The Bertz CT molecular complexity index is 545. The average molecular weight is 274 g/mol. The summed E-state index contributed by atoms with van der Waals surface area (Å²) in [5, 5.41) is 8.65. The summed E-state index contributed by atoms with van der Waals surface area (Å²) in [6.07, 6.45) is 0. The lowest BCUT2D eigenvalue weighted by molar-refractivity contribution is 0.0687. The molecule has 0 spiro atoms. The van der Waals surface area contributed by atoms with E-state index >= 15 is 0 Å². The first-order valence-electron chi connectivity index (χ1n) is 5.38. The van der Waals surface area contributed by atoms with E-state index in [1.165, 1.54) is 4.90 Å². The molecule has 2 heterocycles. The molecular weight excluding hydrogens is 260 g/mol. The van der Waals surface area contributed by atoms with Crippen LogP contribution in [0.15, 0.2) is 10.6 Å². The third-order valence-corrected chi connectivity index (χ3v) is 3.82. The fraction of sp³-hybridized carbons (Fsp3) is 0.556. The van der Waals surface area contributed by atoms with Gasteiger partial charge in [-0.1, -0.05) is 5.16 Å². The van der Waals surface area contributed by atoms with Crippen molar-refractivity contribution in [3.8, 4) is 0 Å². The highest BCUT2D eigenvalue weighted by Crippen LogP contribution is 2.10. The van der Waals surface area contributed by atoms with Crippen LogP contribution in [-0.2, 0) is 10.2 Å². The summed E-state index contributed by atoms with van der Waals surface area (Å²) in [5.41, 5.74) is 0.233. The summed E-state index contributed by atoms with van der Waals surface area (Å²) in [4.78, 5) is 13.5. The van der Waals surface area contributed by atoms with Gasteiger partial charge >= 0.3 is 0 Å². The van der Waals surface area contributed by atoms with Crippen molar-refractivity contribution in [2.75, 3.05) is 26.2 Å². The molecule has 2 N–H and O–H groups in total. The third kappa shape index (κ3) is 2.68. The Labute approximate surface area is 104 Å².